The van der Waals surface area contributed by atoms with Gasteiger partial charge in [0, 0.05) is 6.54 Å². The van der Waals surface area contributed by atoms with E-state index < -0.39 is 27.4 Å². The number of rotatable bonds is 2. The maximum absolute atomic E-state index is 10.8. The zero-order chi connectivity index (χ0) is 10.9. The zero-order valence-electron chi connectivity index (χ0n) is 7.33. The number of hydrogen-bond donors (Lipinski definition) is 2. The van der Waals surface area contributed by atoms with Gasteiger partial charge in [-0.3, -0.25) is 9.35 Å². The van der Waals surface area contributed by atoms with E-state index in [1.807, 2.05) is 0 Å². The van der Waals surface area contributed by atoms with Crippen LogP contribution >= 0.6 is 0 Å². The van der Waals surface area contributed by atoms with Crippen molar-refractivity contribution in [2.24, 2.45) is 0 Å². The van der Waals surface area contributed by atoms with Crippen molar-refractivity contribution in [1.82, 2.24) is 4.90 Å². The predicted octanol–water partition coefficient (Wildman–Crippen LogP) is -1.05. The Morgan fingerprint density at radius 1 is 1.57 bits per heavy atom. The molecule has 0 spiro atoms. The zero-order valence-corrected chi connectivity index (χ0v) is 8.14. The molecule has 0 aliphatic carbocycles. The monoisotopic (exact) mass is 219 g/mol. The maximum Gasteiger partial charge on any atom is 0.294 e. The maximum atomic E-state index is 10.8. The van der Waals surface area contributed by atoms with Crippen LogP contribution in [0.25, 0.3) is 0 Å². The molecule has 0 saturated carbocycles. The van der Waals surface area contributed by atoms with E-state index in [2.05, 4.69) is 0 Å². The molecule has 1 aliphatic rings. The summed E-state index contributed by atoms with van der Waals surface area (Å²) < 4.78 is 29.8. The molecule has 0 aromatic heterocycles. The fourth-order valence-electron chi connectivity index (χ4n) is 1.56. The highest BCUT2D eigenvalue weighted by Crippen LogP contribution is 2.22. The largest absolute Gasteiger partial charge is 0.373 e. The molecule has 1 unspecified atom stereocenters. The van der Waals surface area contributed by atoms with Gasteiger partial charge >= 0.3 is 0 Å². The van der Waals surface area contributed by atoms with E-state index in [0.717, 1.165) is 4.90 Å². The minimum atomic E-state index is -4.55. The van der Waals surface area contributed by atoms with Gasteiger partial charge in [-0.2, -0.15) is 8.42 Å². The Morgan fingerprint density at radius 3 is 2.57 bits per heavy atom. The van der Waals surface area contributed by atoms with Crippen LogP contribution in [0.15, 0.2) is 0 Å². The van der Waals surface area contributed by atoms with Crippen LogP contribution in [-0.2, 0) is 10.1 Å². The van der Waals surface area contributed by atoms with Crippen LogP contribution in [0.1, 0.15) is 12.8 Å². The second-order valence-corrected chi connectivity index (χ2v) is 4.66. The molecule has 0 bridgehead atoms. The molecule has 2 atom stereocenters. The fourth-order valence-corrected chi connectivity index (χ4v) is 2.24. The lowest BCUT2D eigenvalue weighted by Gasteiger charge is -2.26. The van der Waals surface area contributed by atoms with Crippen molar-refractivity contribution in [3.8, 4) is 0 Å². The van der Waals surface area contributed by atoms with Gasteiger partial charge < -0.3 is 10.0 Å². The van der Waals surface area contributed by atoms with E-state index in [1.54, 1.807) is 0 Å². The van der Waals surface area contributed by atoms with Crippen molar-refractivity contribution in [3.05, 3.63) is 0 Å². The molecule has 14 heavy (non-hydrogen) atoms. The Bertz CT molecular complexity index is 329. The Balaban J connectivity index is 2.82. The summed E-state index contributed by atoms with van der Waals surface area (Å²) in [5.41, 5.74) is -1.97. The van der Waals surface area contributed by atoms with E-state index in [4.69, 9.17) is 12.4 Å². The lowest BCUT2D eigenvalue weighted by atomic mass is 10.1. The van der Waals surface area contributed by atoms with Crippen molar-refractivity contribution in [2.45, 2.75) is 24.3 Å². The summed E-state index contributed by atoms with van der Waals surface area (Å²) in [4.78, 5) is 11.8. The molecule has 1 rings (SSSR count). The summed E-state index contributed by atoms with van der Waals surface area (Å²) in [6.07, 6.45) is 0.865. The van der Waals surface area contributed by atoms with Crippen LogP contribution in [0, 0.1) is 0 Å². The summed E-state index contributed by atoms with van der Waals surface area (Å²) in [6, 6.07) is -0.942. The van der Waals surface area contributed by atoms with Crippen LogP contribution in [-0.4, -0.2) is 54.7 Å². The van der Waals surface area contributed by atoms with Gasteiger partial charge in [0.25, 0.3) is 10.1 Å². The fraction of sp³-hybridized carbons (Fsp3) is 0.833. The highest BCUT2D eigenvalue weighted by atomic mass is 32.2. The Labute approximate surface area is 83.1 Å². The van der Waals surface area contributed by atoms with Crippen LogP contribution in [0.2, 0.25) is 0 Å². The topological polar surface area (TPSA) is 94.9 Å². The average molecular weight is 219 g/mol. The normalized spacial score (nSPS) is 25.0. The van der Waals surface area contributed by atoms with Gasteiger partial charge in [-0.25, -0.2) is 0 Å². The first kappa shape index (κ1) is 11.5. The van der Waals surface area contributed by atoms with Crippen LogP contribution in [0.4, 0.5) is 4.79 Å². The second kappa shape index (κ2) is 3.88. The number of amides is 1. The number of aliphatic hydroxyl groups is 1. The van der Waals surface area contributed by atoms with Crippen molar-refractivity contribution in [3.63, 3.8) is 0 Å². The first-order chi connectivity index (χ1) is 6.34. The van der Waals surface area contributed by atoms with Gasteiger partial charge in [0.1, 0.15) is 0 Å². The number of likely N-dealkylation sites (tertiary alicyclic amines) is 1. The smallest absolute Gasteiger partial charge is 0.294 e. The number of carbonyl (C=O) groups is 1. The van der Waals surface area contributed by atoms with Crippen LogP contribution in [0.3, 0.4) is 0 Å². The third kappa shape index (κ3) is 2.25. The molecular formula is C6H10BNO5S. The summed E-state index contributed by atoms with van der Waals surface area (Å²) in [7, 11) is 0.422. The molecule has 2 N–H and O–H groups in total. The van der Waals surface area contributed by atoms with Gasteiger partial charge in [0.05, 0.1) is 6.04 Å². The lowest BCUT2D eigenvalue weighted by molar-refractivity contribution is 0.139. The standard InChI is InChI=1S/C6H10BNO5S/c7-6(10)8-3-1-2-4(8)5(9)14(11,12)13/h4-5,9H,1-3H2,(H,11,12,13)/t4-,5?/m0/s1. The SMILES string of the molecule is [B]C(=O)N1CCC[C@H]1C(O)S(=O)(=O)O. The second-order valence-electron chi connectivity index (χ2n) is 3.15. The number of hydrogen-bond acceptors (Lipinski definition) is 4. The molecule has 8 heteroatoms. The third-order valence-electron chi connectivity index (χ3n) is 2.22. The summed E-state index contributed by atoms with van der Waals surface area (Å²) in [5, 5.41) is 9.22. The molecule has 0 aromatic carbocycles. The number of nitrogens with zero attached hydrogens (tertiary/aromatic N) is 1. The van der Waals surface area contributed by atoms with Crippen molar-refractivity contribution < 1.29 is 22.9 Å². The molecule has 1 heterocycles. The minimum absolute atomic E-state index is 0.298. The minimum Gasteiger partial charge on any atom is -0.373 e. The average Bonchev–Trinajstić information content (AvgIpc) is 2.48. The van der Waals surface area contributed by atoms with Crippen LogP contribution in [0.5, 0.6) is 0 Å². The summed E-state index contributed by atoms with van der Waals surface area (Å²) in [6.45, 7) is 0.298. The summed E-state index contributed by atoms with van der Waals surface area (Å²) in [5.74, 6) is -0.796. The number of aliphatic hydroxyl groups excluding tert-OH is 1. The van der Waals surface area contributed by atoms with Gasteiger partial charge in [0.2, 0.25) is 13.3 Å². The van der Waals surface area contributed by atoms with Crippen molar-refractivity contribution in [1.29, 1.82) is 0 Å². The van der Waals surface area contributed by atoms with Crippen LogP contribution < -0.4 is 0 Å². The van der Waals surface area contributed by atoms with Crippen molar-refractivity contribution >= 4 is 23.8 Å². The molecule has 1 aliphatic heterocycles. The van der Waals surface area contributed by atoms with E-state index in [0.29, 0.717) is 19.4 Å². The Hall–Kier alpha value is -0.595. The Morgan fingerprint density at radius 2 is 2.14 bits per heavy atom. The molecule has 0 aromatic rings. The van der Waals surface area contributed by atoms with E-state index in [9.17, 15) is 18.3 Å². The van der Waals surface area contributed by atoms with Gasteiger partial charge in [-0.15, -0.1) is 0 Å². The lowest BCUT2D eigenvalue weighted by Crippen LogP contribution is -2.45. The molecule has 78 valence electrons. The third-order valence-corrected chi connectivity index (χ3v) is 3.14. The van der Waals surface area contributed by atoms with E-state index in [1.165, 1.54) is 0 Å². The molecular weight excluding hydrogens is 209 g/mol. The number of carbonyl (C=O) groups excluding carboxylic acids is 1. The van der Waals surface area contributed by atoms with E-state index in [-0.39, 0.29) is 0 Å². The molecule has 1 fully saturated rings. The predicted molar refractivity (Wildman–Crippen MR) is 48.4 cm³/mol. The first-order valence-corrected chi connectivity index (χ1v) is 5.55. The first-order valence-electron chi connectivity index (χ1n) is 4.04. The Kier molecular flexibility index (Phi) is 3.18. The highest BCUT2D eigenvalue weighted by Gasteiger charge is 2.38. The van der Waals surface area contributed by atoms with Gasteiger partial charge in [-0.05, 0) is 12.8 Å². The quantitative estimate of drug-likeness (QED) is 0.456. The highest BCUT2D eigenvalue weighted by molar-refractivity contribution is 7.86. The van der Waals surface area contributed by atoms with Gasteiger partial charge in [-0.1, -0.05) is 0 Å². The molecule has 2 radical (unpaired) electrons. The van der Waals surface area contributed by atoms with Crippen molar-refractivity contribution in [2.75, 3.05) is 6.54 Å². The van der Waals surface area contributed by atoms with E-state index >= 15 is 0 Å². The molecule has 1 amide bonds. The summed E-state index contributed by atoms with van der Waals surface area (Å²) >= 11 is 0. The van der Waals surface area contributed by atoms with Gasteiger partial charge in [0.15, 0.2) is 5.81 Å². The molecule has 6 nitrogen and oxygen atoms in total. The molecule has 1 saturated heterocycles.